The van der Waals surface area contributed by atoms with Crippen LogP contribution in [0.4, 0.5) is 0 Å². The number of rotatable bonds is 3. The second-order valence-electron chi connectivity index (χ2n) is 5.05. The highest BCUT2D eigenvalue weighted by Gasteiger charge is 2.31. The van der Waals surface area contributed by atoms with Gasteiger partial charge in [-0.3, -0.25) is 0 Å². The van der Waals surface area contributed by atoms with E-state index in [9.17, 15) is 0 Å². The summed E-state index contributed by atoms with van der Waals surface area (Å²) in [7, 11) is 0. The van der Waals surface area contributed by atoms with E-state index in [-0.39, 0.29) is 6.29 Å². The summed E-state index contributed by atoms with van der Waals surface area (Å²) in [6.07, 6.45) is 8.97. The summed E-state index contributed by atoms with van der Waals surface area (Å²) in [6.45, 7) is 3.16. The highest BCUT2D eigenvalue weighted by Crippen LogP contribution is 2.34. The van der Waals surface area contributed by atoms with Crippen LogP contribution in [-0.4, -0.2) is 23.8 Å². The third-order valence-electron chi connectivity index (χ3n) is 3.84. The van der Waals surface area contributed by atoms with Gasteiger partial charge in [0.2, 0.25) is 0 Å². The molecule has 4 unspecified atom stereocenters. The van der Waals surface area contributed by atoms with Crippen LogP contribution in [0.15, 0.2) is 0 Å². The van der Waals surface area contributed by atoms with E-state index in [4.69, 9.17) is 9.47 Å². The van der Waals surface area contributed by atoms with Gasteiger partial charge in [0.1, 0.15) is 0 Å². The lowest BCUT2D eigenvalue weighted by Crippen LogP contribution is -2.36. The Kier molecular flexibility index (Phi) is 5.11. The minimum atomic E-state index is 0.0830. The van der Waals surface area contributed by atoms with Gasteiger partial charge in [-0.25, -0.2) is 0 Å². The molecule has 0 spiro atoms. The Balaban J connectivity index is 1.82. The summed E-state index contributed by atoms with van der Waals surface area (Å²) in [5.74, 6) is 0.712. The van der Waals surface area contributed by atoms with Gasteiger partial charge in [-0.15, -0.1) is 0 Å². The maximum Gasteiger partial charge on any atom is 0.157 e. The lowest BCUT2D eigenvalue weighted by atomic mass is 9.84. The van der Waals surface area contributed by atoms with Crippen molar-refractivity contribution in [3.05, 3.63) is 0 Å². The molecule has 1 saturated heterocycles. The van der Waals surface area contributed by atoms with Crippen molar-refractivity contribution in [1.82, 2.24) is 0 Å². The van der Waals surface area contributed by atoms with Crippen LogP contribution in [0.3, 0.4) is 0 Å². The van der Waals surface area contributed by atoms with Gasteiger partial charge in [0.05, 0.1) is 6.10 Å². The zero-order valence-corrected chi connectivity index (χ0v) is 11.7. The number of hydrogen-bond donors (Lipinski definition) is 0. The largest absolute Gasteiger partial charge is 0.353 e. The average Bonchev–Trinajstić information content (AvgIpc) is 2.33. The van der Waals surface area contributed by atoms with Crippen LogP contribution in [0.1, 0.15) is 51.9 Å². The predicted molar refractivity (Wildman–Crippen MR) is 68.8 cm³/mol. The van der Waals surface area contributed by atoms with Crippen LogP contribution in [0.5, 0.6) is 0 Å². The quantitative estimate of drug-likeness (QED) is 0.735. The lowest BCUT2D eigenvalue weighted by Gasteiger charge is -2.36. The van der Waals surface area contributed by atoms with Crippen LogP contribution in [-0.2, 0) is 9.47 Å². The summed E-state index contributed by atoms with van der Waals surface area (Å²) >= 11 is 3.74. The van der Waals surface area contributed by atoms with Gasteiger partial charge in [-0.1, -0.05) is 29.3 Å². The standard InChI is InChI=1S/C13H23BrO2/c1-2-10-9-11(14)6-7-12(10)16-13-5-3-4-8-15-13/h10-13H,2-9H2,1H3. The van der Waals surface area contributed by atoms with Gasteiger partial charge in [0, 0.05) is 11.4 Å². The van der Waals surface area contributed by atoms with Gasteiger partial charge in [0.15, 0.2) is 6.29 Å². The van der Waals surface area contributed by atoms with Crippen molar-refractivity contribution in [3.63, 3.8) is 0 Å². The third kappa shape index (κ3) is 3.44. The molecule has 0 aromatic rings. The van der Waals surface area contributed by atoms with Crippen molar-refractivity contribution in [3.8, 4) is 0 Å². The number of ether oxygens (including phenoxy) is 2. The Hall–Kier alpha value is 0.400. The highest BCUT2D eigenvalue weighted by molar-refractivity contribution is 9.09. The molecule has 2 rings (SSSR count). The molecule has 0 bridgehead atoms. The number of alkyl halides is 1. The van der Waals surface area contributed by atoms with Crippen molar-refractivity contribution in [1.29, 1.82) is 0 Å². The molecule has 16 heavy (non-hydrogen) atoms. The van der Waals surface area contributed by atoms with Crippen LogP contribution in [0.2, 0.25) is 0 Å². The molecule has 2 nitrogen and oxygen atoms in total. The second kappa shape index (κ2) is 6.36. The first-order valence-corrected chi connectivity index (χ1v) is 7.62. The molecule has 1 saturated carbocycles. The Morgan fingerprint density at radius 1 is 1.25 bits per heavy atom. The third-order valence-corrected chi connectivity index (χ3v) is 4.67. The number of hydrogen-bond acceptors (Lipinski definition) is 2. The fourth-order valence-corrected chi connectivity index (χ4v) is 3.55. The molecular weight excluding hydrogens is 268 g/mol. The average molecular weight is 291 g/mol. The molecular formula is C13H23BrO2. The number of halogens is 1. The van der Waals surface area contributed by atoms with Crippen LogP contribution >= 0.6 is 15.9 Å². The van der Waals surface area contributed by atoms with E-state index in [2.05, 4.69) is 22.9 Å². The van der Waals surface area contributed by atoms with Gasteiger partial charge in [-0.2, -0.15) is 0 Å². The molecule has 94 valence electrons. The van der Waals surface area contributed by atoms with Crippen molar-refractivity contribution in [2.45, 2.75) is 69.1 Å². The fraction of sp³-hybridized carbons (Fsp3) is 1.00. The molecule has 3 heteroatoms. The van der Waals surface area contributed by atoms with E-state index in [1.165, 1.54) is 38.5 Å². The zero-order chi connectivity index (χ0) is 11.4. The SMILES string of the molecule is CCC1CC(Br)CCC1OC1CCCCO1. The molecule has 4 atom stereocenters. The van der Waals surface area contributed by atoms with Gasteiger partial charge >= 0.3 is 0 Å². The Morgan fingerprint density at radius 3 is 2.81 bits per heavy atom. The second-order valence-corrected chi connectivity index (χ2v) is 6.34. The molecule has 1 aliphatic heterocycles. The summed E-state index contributed by atoms with van der Waals surface area (Å²) in [5, 5.41) is 0. The molecule has 0 N–H and O–H groups in total. The Bertz CT molecular complexity index is 204. The Morgan fingerprint density at radius 2 is 2.12 bits per heavy atom. The van der Waals surface area contributed by atoms with Crippen molar-refractivity contribution >= 4 is 15.9 Å². The molecule has 0 radical (unpaired) electrons. The normalized spacial score (nSPS) is 40.9. The van der Waals surface area contributed by atoms with Crippen molar-refractivity contribution < 1.29 is 9.47 Å². The molecule has 2 aliphatic rings. The summed E-state index contributed by atoms with van der Waals surface area (Å²) < 4.78 is 11.8. The summed E-state index contributed by atoms with van der Waals surface area (Å²) in [5.41, 5.74) is 0. The smallest absolute Gasteiger partial charge is 0.157 e. The summed E-state index contributed by atoms with van der Waals surface area (Å²) in [6, 6.07) is 0. The zero-order valence-electron chi connectivity index (χ0n) is 10.2. The maximum absolute atomic E-state index is 6.14. The van der Waals surface area contributed by atoms with Crippen LogP contribution < -0.4 is 0 Å². The minimum absolute atomic E-state index is 0.0830. The minimum Gasteiger partial charge on any atom is -0.353 e. The fourth-order valence-electron chi connectivity index (χ4n) is 2.80. The van der Waals surface area contributed by atoms with Crippen molar-refractivity contribution in [2.24, 2.45) is 5.92 Å². The lowest BCUT2D eigenvalue weighted by molar-refractivity contribution is -0.203. The molecule has 2 fully saturated rings. The first kappa shape index (κ1) is 12.8. The maximum atomic E-state index is 6.14. The topological polar surface area (TPSA) is 18.5 Å². The monoisotopic (exact) mass is 290 g/mol. The summed E-state index contributed by atoms with van der Waals surface area (Å²) in [4.78, 5) is 0.699. The van der Waals surface area contributed by atoms with Crippen LogP contribution in [0, 0.1) is 5.92 Å². The molecule has 0 aromatic carbocycles. The van der Waals surface area contributed by atoms with Crippen LogP contribution in [0.25, 0.3) is 0 Å². The van der Waals surface area contributed by atoms with E-state index in [0.717, 1.165) is 13.0 Å². The van der Waals surface area contributed by atoms with Gasteiger partial charge < -0.3 is 9.47 Å². The molecule has 0 amide bonds. The van der Waals surface area contributed by atoms with E-state index in [0.29, 0.717) is 16.8 Å². The van der Waals surface area contributed by atoms with E-state index < -0.39 is 0 Å². The van der Waals surface area contributed by atoms with Gasteiger partial charge in [0.25, 0.3) is 0 Å². The highest BCUT2D eigenvalue weighted by atomic mass is 79.9. The molecule has 1 heterocycles. The molecule has 1 aliphatic carbocycles. The Labute approximate surface area is 107 Å². The predicted octanol–water partition coefficient (Wildman–Crippen LogP) is 3.87. The molecule has 0 aromatic heterocycles. The van der Waals surface area contributed by atoms with E-state index in [1.54, 1.807) is 0 Å². The van der Waals surface area contributed by atoms with E-state index in [1.807, 2.05) is 0 Å². The van der Waals surface area contributed by atoms with E-state index >= 15 is 0 Å². The first-order valence-electron chi connectivity index (χ1n) is 6.70. The van der Waals surface area contributed by atoms with Crippen molar-refractivity contribution in [2.75, 3.05) is 6.61 Å². The first-order chi connectivity index (χ1) is 7.79. The van der Waals surface area contributed by atoms with Gasteiger partial charge in [-0.05, 0) is 44.4 Å².